The smallest absolute Gasteiger partial charge is 0.269 e. The Morgan fingerprint density at radius 1 is 1.14 bits per heavy atom. The van der Waals surface area contributed by atoms with E-state index in [1.54, 1.807) is 13.8 Å². The normalized spacial score (nSPS) is 16.0. The Kier molecular flexibility index (Phi) is 5.62. The maximum Gasteiger partial charge on any atom is 0.365 e. The molecule has 1 heterocycles. The minimum atomic E-state index is -0.883. The predicted molar refractivity (Wildman–Crippen MR) is 72.3 cm³/mol. The molecule has 1 aliphatic heterocycles. The number of hydrogen-bond acceptors (Lipinski definition) is 6. The van der Waals surface area contributed by atoms with Crippen molar-refractivity contribution in [2.45, 2.75) is 53.1 Å². The van der Waals surface area contributed by atoms with E-state index < -0.39 is 29.9 Å². The molecule has 0 aromatic carbocycles. The van der Waals surface area contributed by atoms with Crippen LogP contribution in [-0.2, 0) is 29.2 Å². The average molecular weight is 299 g/mol. The monoisotopic (exact) mass is 299 g/mol. The van der Waals surface area contributed by atoms with Crippen LogP contribution >= 0.6 is 0 Å². The molecule has 21 heavy (non-hydrogen) atoms. The lowest BCUT2D eigenvalue weighted by atomic mass is 10.0. The number of amides is 2. The summed E-state index contributed by atoms with van der Waals surface area (Å²) in [6.07, 6.45) is 1.60. The summed E-state index contributed by atoms with van der Waals surface area (Å²) < 4.78 is 0. The molecule has 2 amide bonds. The quantitative estimate of drug-likeness (QED) is 0.404. The van der Waals surface area contributed by atoms with Crippen LogP contribution in [0.5, 0.6) is 0 Å². The fourth-order valence-electron chi connectivity index (χ4n) is 1.91. The van der Waals surface area contributed by atoms with Crippen LogP contribution in [0.15, 0.2) is 11.1 Å². The predicted octanol–water partition coefficient (Wildman–Crippen LogP) is 1.68. The minimum absolute atomic E-state index is 0.328. The van der Waals surface area contributed by atoms with Crippen LogP contribution in [0.25, 0.3) is 0 Å². The van der Waals surface area contributed by atoms with Crippen LogP contribution in [0.2, 0.25) is 0 Å². The lowest BCUT2D eigenvalue weighted by molar-refractivity contribution is -0.517. The fraction of sp³-hybridized carbons (Fsp3) is 0.643. The summed E-state index contributed by atoms with van der Waals surface area (Å²) in [5, 5.41) is 4.43. The van der Waals surface area contributed by atoms with Crippen molar-refractivity contribution in [1.29, 1.82) is 0 Å². The van der Waals surface area contributed by atoms with Gasteiger partial charge in [-0.25, -0.2) is 4.79 Å². The number of nitrogens with zero attached hydrogens (tertiary/aromatic N) is 1. The fourth-order valence-corrected chi connectivity index (χ4v) is 1.91. The molecule has 118 valence electrons. The van der Waals surface area contributed by atoms with E-state index in [0.29, 0.717) is 11.1 Å². The standard InChI is InChI=1S/C14H21NO6/c1-6-7-14(4,5)20-21-19-11(16)8-15-12(17)9(2)10(3)13(15)18/h6-8H2,1-5H3. The maximum absolute atomic E-state index is 11.7. The first-order chi connectivity index (χ1) is 9.69. The van der Waals surface area contributed by atoms with Gasteiger partial charge in [0.1, 0.15) is 12.1 Å². The number of rotatable bonds is 7. The van der Waals surface area contributed by atoms with Crippen LogP contribution in [0.3, 0.4) is 0 Å². The third-order valence-electron chi connectivity index (χ3n) is 3.22. The van der Waals surface area contributed by atoms with Gasteiger partial charge in [-0.1, -0.05) is 13.3 Å². The molecule has 0 aromatic heterocycles. The van der Waals surface area contributed by atoms with Crippen molar-refractivity contribution in [3.8, 4) is 0 Å². The van der Waals surface area contributed by atoms with E-state index >= 15 is 0 Å². The Morgan fingerprint density at radius 3 is 2.14 bits per heavy atom. The summed E-state index contributed by atoms with van der Waals surface area (Å²) in [5.41, 5.74) is 0.0614. The van der Waals surface area contributed by atoms with E-state index in [2.05, 4.69) is 9.93 Å². The lowest BCUT2D eigenvalue weighted by Crippen LogP contribution is -2.37. The van der Waals surface area contributed by atoms with Gasteiger partial charge in [-0.2, -0.15) is 4.89 Å². The van der Waals surface area contributed by atoms with Crippen LogP contribution in [0.4, 0.5) is 0 Å². The zero-order valence-corrected chi connectivity index (χ0v) is 13.0. The van der Waals surface area contributed by atoms with Crippen LogP contribution in [0.1, 0.15) is 47.5 Å². The summed E-state index contributed by atoms with van der Waals surface area (Å²) in [4.78, 5) is 45.2. The SMILES string of the molecule is CCCC(C)(C)OOOC(=O)CN1C(=O)C(C)=C(C)C1=O. The van der Waals surface area contributed by atoms with Crippen molar-refractivity contribution in [1.82, 2.24) is 4.90 Å². The molecule has 0 aromatic rings. The second-order valence-corrected chi connectivity index (χ2v) is 5.56. The topological polar surface area (TPSA) is 82.1 Å². The molecule has 1 rings (SSSR count). The van der Waals surface area contributed by atoms with Gasteiger partial charge in [-0.3, -0.25) is 19.4 Å². The Hall–Kier alpha value is -1.73. The van der Waals surface area contributed by atoms with Gasteiger partial charge in [-0.15, -0.1) is 0 Å². The largest absolute Gasteiger partial charge is 0.365 e. The van der Waals surface area contributed by atoms with Gasteiger partial charge in [0.25, 0.3) is 11.8 Å². The molecule has 0 aliphatic carbocycles. The highest BCUT2D eigenvalue weighted by Gasteiger charge is 2.35. The maximum atomic E-state index is 11.7. The molecule has 0 bridgehead atoms. The van der Waals surface area contributed by atoms with Gasteiger partial charge < -0.3 is 0 Å². The average Bonchev–Trinajstić information content (AvgIpc) is 2.56. The molecule has 0 saturated heterocycles. The lowest BCUT2D eigenvalue weighted by Gasteiger charge is -2.21. The molecule has 0 N–H and O–H groups in total. The zero-order chi connectivity index (χ0) is 16.2. The Morgan fingerprint density at radius 2 is 1.67 bits per heavy atom. The van der Waals surface area contributed by atoms with E-state index in [-0.39, 0.29) is 0 Å². The van der Waals surface area contributed by atoms with Gasteiger partial charge in [0.2, 0.25) is 0 Å². The second kappa shape index (κ2) is 6.82. The first-order valence-electron chi connectivity index (χ1n) is 6.78. The summed E-state index contributed by atoms with van der Waals surface area (Å²) >= 11 is 0. The van der Waals surface area contributed by atoms with Crippen molar-refractivity contribution in [3.05, 3.63) is 11.1 Å². The molecule has 0 radical (unpaired) electrons. The summed E-state index contributed by atoms with van der Waals surface area (Å²) in [5.74, 6) is -1.88. The van der Waals surface area contributed by atoms with Gasteiger partial charge >= 0.3 is 5.97 Å². The Bertz CT molecular complexity index is 456. The third-order valence-corrected chi connectivity index (χ3v) is 3.22. The van der Waals surface area contributed by atoms with Crippen molar-refractivity contribution < 1.29 is 29.2 Å². The Labute approximate surface area is 123 Å². The molecule has 0 atom stereocenters. The van der Waals surface area contributed by atoms with Gasteiger partial charge in [0.15, 0.2) is 0 Å². The zero-order valence-electron chi connectivity index (χ0n) is 13.0. The molecular weight excluding hydrogens is 278 g/mol. The van der Waals surface area contributed by atoms with Gasteiger partial charge in [-0.05, 0) is 39.2 Å². The highest BCUT2D eigenvalue weighted by molar-refractivity contribution is 6.19. The van der Waals surface area contributed by atoms with E-state index in [1.807, 2.05) is 6.92 Å². The Balaban J connectivity index is 2.43. The van der Waals surface area contributed by atoms with E-state index in [1.165, 1.54) is 13.8 Å². The van der Waals surface area contributed by atoms with Crippen molar-refractivity contribution >= 4 is 17.8 Å². The summed E-state index contributed by atoms with van der Waals surface area (Å²) in [6.45, 7) is 8.12. The van der Waals surface area contributed by atoms with E-state index in [9.17, 15) is 14.4 Å². The minimum Gasteiger partial charge on any atom is -0.269 e. The van der Waals surface area contributed by atoms with Crippen molar-refractivity contribution in [2.75, 3.05) is 6.54 Å². The summed E-state index contributed by atoms with van der Waals surface area (Å²) in [6, 6.07) is 0. The van der Waals surface area contributed by atoms with Crippen molar-refractivity contribution in [3.63, 3.8) is 0 Å². The first-order valence-corrected chi connectivity index (χ1v) is 6.78. The van der Waals surface area contributed by atoms with Crippen LogP contribution in [-0.4, -0.2) is 34.8 Å². The van der Waals surface area contributed by atoms with Crippen LogP contribution < -0.4 is 0 Å². The number of imide groups is 1. The van der Waals surface area contributed by atoms with E-state index in [0.717, 1.165) is 17.7 Å². The first kappa shape index (κ1) is 17.3. The van der Waals surface area contributed by atoms with Crippen molar-refractivity contribution in [2.24, 2.45) is 0 Å². The molecule has 7 nitrogen and oxygen atoms in total. The van der Waals surface area contributed by atoms with Crippen LogP contribution in [0, 0.1) is 0 Å². The highest BCUT2D eigenvalue weighted by atomic mass is 17.5. The number of carbonyl (C=O) groups is 3. The van der Waals surface area contributed by atoms with Gasteiger partial charge in [0, 0.05) is 11.1 Å². The molecular formula is C14H21NO6. The highest BCUT2D eigenvalue weighted by Crippen LogP contribution is 2.20. The second-order valence-electron chi connectivity index (χ2n) is 5.56. The number of carbonyl (C=O) groups excluding carboxylic acids is 3. The van der Waals surface area contributed by atoms with E-state index in [4.69, 9.17) is 4.89 Å². The third kappa shape index (κ3) is 4.37. The molecule has 0 spiro atoms. The molecule has 0 fully saturated rings. The number of hydrogen-bond donors (Lipinski definition) is 0. The molecule has 7 heteroatoms. The molecule has 1 aliphatic rings. The van der Waals surface area contributed by atoms with Gasteiger partial charge in [0.05, 0.1) is 0 Å². The molecule has 0 unspecified atom stereocenters. The summed E-state index contributed by atoms with van der Waals surface area (Å²) in [7, 11) is 0. The molecule has 0 saturated carbocycles.